The van der Waals surface area contributed by atoms with Crippen molar-refractivity contribution in [3.63, 3.8) is 0 Å². The van der Waals surface area contributed by atoms with Gasteiger partial charge in [-0.3, -0.25) is 0 Å². The summed E-state index contributed by atoms with van der Waals surface area (Å²) in [5.41, 5.74) is 8.17. The molecule has 4 N–H and O–H groups in total. The van der Waals surface area contributed by atoms with Gasteiger partial charge in [0.25, 0.3) is 0 Å². The van der Waals surface area contributed by atoms with E-state index in [2.05, 4.69) is 0 Å². The Kier molecular flexibility index (Phi) is 2.78. The molecular formula is C12H17NO2. The van der Waals surface area contributed by atoms with Crippen LogP contribution in [0.15, 0.2) is 24.3 Å². The van der Waals surface area contributed by atoms with Gasteiger partial charge in [-0.15, -0.1) is 0 Å². The van der Waals surface area contributed by atoms with Crippen molar-refractivity contribution in [2.24, 2.45) is 5.73 Å². The number of aryl methyl sites for hydroxylation is 1. The Morgan fingerprint density at radius 2 is 1.80 bits per heavy atom. The van der Waals surface area contributed by atoms with Gasteiger partial charge in [0.05, 0.1) is 12.2 Å². The van der Waals surface area contributed by atoms with E-state index >= 15 is 0 Å². The van der Waals surface area contributed by atoms with Crippen molar-refractivity contribution >= 4 is 0 Å². The van der Waals surface area contributed by atoms with Crippen LogP contribution in [-0.2, 0) is 0 Å². The van der Waals surface area contributed by atoms with Crippen LogP contribution in [0.2, 0.25) is 0 Å². The predicted octanol–water partition coefficient (Wildman–Crippen LogP) is 0.531. The Morgan fingerprint density at radius 3 is 2.27 bits per heavy atom. The summed E-state index contributed by atoms with van der Waals surface area (Å²) in [5, 5.41) is 19.1. The molecular weight excluding hydrogens is 190 g/mol. The van der Waals surface area contributed by atoms with Gasteiger partial charge >= 0.3 is 0 Å². The van der Waals surface area contributed by atoms with E-state index < -0.39 is 12.2 Å². The maximum Gasteiger partial charge on any atom is 0.0955 e. The molecule has 3 heteroatoms. The predicted molar refractivity (Wildman–Crippen MR) is 58.5 cm³/mol. The van der Waals surface area contributed by atoms with Crippen molar-refractivity contribution in [1.29, 1.82) is 0 Å². The molecule has 1 fully saturated rings. The molecule has 3 nitrogen and oxygen atoms in total. The van der Waals surface area contributed by atoms with E-state index in [9.17, 15) is 10.2 Å². The number of aliphatic hydroxyl groups excluding tert-OH is 2. The first kappa shape index (κ1) is 10.6. The Hall–Kier alpha value is -0.900. The molecule has 1 saturated carbocycles. The van der Waals surface area contributed by atoms with Crippen molar-refractivity contribution in [2.45, 2.75) is 37.5 Å². The molecule has 1 aromatic carbocycles. The van der Waals surface area contributed by atoms with Gasteiger partial charge in [0, 0.05) is 12.0 Å². The number of aliphatic hydroxyl groups is 2. The van der Waals surface area contributed by atoms with Gasteiger partial charge in [0.1, 0.15) is 0 Å². The van der Waals surface area contributed by atoms with Gasteiger partial charge in [-0.05, 0) is 18.9 Å². The molecule has 15 heavy (non-hydrogen) atoms. The Balaban J connectivity index is 2.22. The zero-order chi connectivity index (χ0) is 11.0. The van der Waals surface area contributed by atoms with Crippen molar-refractivity contribution < 1.29 is 10.2 Å². The number of rotatable bonds is 1. The molecule has 0 saturated heterocycles. The van der Waals surface area contributed by atoms with Crippen molar-refractivity contribution in [3.05, 3.63) is 35.4 Å². The largest absolute Gasteiger partial charge is 0.390 e. The molecule has 0 radical (unpaired) electrons. The standard InChI is InChI=1S/C12H17NO2/c1-7-2-4-8(5-3-7)9-6-10(14)12(15)11(9)13/h2-5,9-12,14-15H,6,13H2,1H3/t9-,10-,11-,12-/m1/s1. The second-order valence-electron chi connectivity index (χ2n) is 4.39. The molecule has 0 aromatic heterocycles. The van der Waals surface area contributed by atoms with E-state index in [0.717, 1.165) is 5.56 Å². The first-order valence-corrected chi connectivity index (χ1v) is 5.28. The highest BCUT2D eigenvalue weighted by molar-refractivity contribution is 5.27. The average molecular weight is 207 g/mol. The fourth-order valence-corrected chi connectivity index (χ4v) is 2.22. The molecule has 1 aromatic rings. The molecule has 0 heterocycles. The molecule has 82 valence electrons. The van der Waals surface area contributed by atoms with Crippen LogP contribution in [-0.4, -0.2) is 28.5 Å². The van der Waals surface area contributed by atoms with Crippen molar-refractivity contribution in [2.75, 3.05) is 0 Å². The van der Waals surface area contributed by atoms with Gasteiger partial charge in [0.2, 0.25) is 0 Å². The van der Waals surface area contributed by atoms with Crippen molar-refractivity contribution in [3.8, 4) is 0 Å². The van der Waals surface area contributed by atoms with E-state index in [1.54, 1.807) is 0 Å². The summed E-state index contributed by atoms with van der Waals surface area (Å²) < 4.78 is 0. The van der Waals surface area contributed by atoms with Crippen LogP contribution < -0.4 is 5.73 Å². The molecule has 1 aliphatic carbocycles. The molecule has 0 bridgehead atoms. The lowest BCUT2D eigenvalue weighted by molar-refractivity contribution is 0.0363. The van der Waals surface area contributed by atoms with Crippen molar-refractivity contribution in [1.82, 2.24) is 0 Å². The zero-order valence-corrected chi connectivity index (χ0v) is 8.80. The topological polar surface area (TPSA) is 66.5 Å². The first-order valence-electron chi connectivity index (χ1n) is 5.28. The first-order chi connectivity index (χ1) is 7.09. The fourth-order valence-electron chi connectivity index (χ4n) is 2.22. The van der Waals surface area contributed by atoms with Crippen LogP contribution in [0.1, 0.15) is 23.5 Å². The second-order valence-corrected chi connectivity index (χ2v) is 4.39. The van der Waals surface area contributed by atoms with Gasteiger partial charge in [-0.2, -0.15) is 0 Å². The molecule has 2 rings (SSSR count). The summed E-state index contributed by atoms with van der Waals surface area (Å²) in [5.74, 6) is 0.0654. The summed E-state index contributed by atoms with van der Waals surface area (Å²) >= 11 is 0. The fraction of sp³-hybridized carbons (Fsp3) is 0.500. The lowest BCUT2D eigenvalue weighted by atomic mass is 9.93. The second kappa shape index (κ2) is 3.93. The minimum absolute atomic E-state index is 0.0654. The smallest absolute Gasteiger partial charge is 0.0955 e. The highest BCUT2D eigenvalue weighted by atomic mass is 16.3. The maximum atomic E-state index is 9.58. The highest BCUT2D eigenvalue weighted by Crippen LogP contribution is 2.33. The van der Waals surface area contributed by atoms with E-state index in [4.69, 9.17) is 5.73 Å². The number of hydrogen-bond donors (Lipinski definition) is 3. The minimum atomic E-state index is -0.795. The summed E-state index contributed by atoms with van der Waals surface area (Å²) in [7, 11) is 0. The number of hydrogen-bond acceptors (Lipinski definition) is 3. The van der Waals surface area contributed by atoms with Crippen LogP contribution in [0.3, 0.4) is 0 Å². The van der Waals surface area contributed by atoms with E-state index in [1.165, 1.54) is 5.56 Å². The van der Waals surface area contributed by atoms with Gasteiger partial charge in [-0.1, -0.05) is 29.8 Å². The summed E-state index contributed by atoms with van der Waals surface area (Å²) in [6.45, 7) is 2.03. The molecule has 4 atom stereocenters. The molecule has 0 spiro atoms. The minimum Gasteiger partial charge on any atom is -0.390 e. The van der Waals surface area contributed by atoms with Crippen LogP contribution >= 0.6 is 0 Å². The average Bonchev–Trinajstić information content (AvgIpc) is 2.47. The van der Waals surface area contributed by atoms with E-state index in [-0.39, 0.29) is 12.0 Å². The molecule has 0 unspecified atom stereocenters. The van der Waals surface area contributed by atoms with Gasteiger partial charge in [0.15, 0.2) is 0 Å². The normalized spacial score (nSPS) is 35.7. The Morgan fingerprint density at radius 1 is 1.20 bits per heavy atom. The van der Waals surface area contributed by atoms with E-state index in [1.807, 2.05) is 31.2 Å². The molecule has 0 aliphatic heterocycles. The maximum absolute atomic E-state index is 9.58. The third-order valence-corrected chi connectivity index (χ3v) is 3.25. The summed E-state index contributed by atoms with van der Waals surface area (Å²) in [6, 6.07) is 7.73. The SMILES string of the molecule is Cc1ccc([C@H]2C[C@@H](O)[C@@H](O)[C@@H]2N)cc1. The third kappa shape index (κ3) is 1.91. The van der Waals surface area contributed by atoms with Gasteiger partial charge in [-0.25, -0.2) is 0 Å². The van der Waals surface area contributed by atoms with Crippen LogP contribution in [0, 0.1) is 6.92 Å². The highest BCUT2D eigenvalue weighted by Gasteiger charge is 2.39. The lowest BCUT2D eigenvalue weighted by Crippen LogP contribution is -2.37. The Labute approximate surface area is 89.5 Å². The number of benzene rings is 1. The monoisotopic (exact) mass is 207 g/mol. The molecule has 0 amide bonds. The third-order valence-electron chi connectivity index (χ3n) is 3.25. The van der Waals surface area contributed by atoms with Crippen LogP contribution in [0.4, 0.5) is 0 Å². The van der Waals surface area contributed by atoms with E-state index in [0.29, 0.717) is 6.42 Å². The van der Waals surface area contributed by atoms with Gasteiger partial charge < -0.3 is 15.9 Å². The quantitative estimate of drug-likeness (QED) is 0.629. The number of nitrogens with two attached hydrogens (primary N) is 1. The lowest BCUT2D eigenvalue weighted by Gasteiger charge is -2.17. The summed E-state index contributed by atoms with van der Waals surface area (Å²) in [4.78, 5) is 0. The van der Waals surface area contributed by atoms with Crippen LogP contribution in [0.25, 0.3) is 0 Å². The molecule has 1 aliphatic rings. The summed E-state index contributed by atoms with van der Waals surface area (Å²) in [6.07, 6.45) is -0.937. The Bertz CT molecular complexity index is 336. The van der Waals surface area contributed by atoms with Crippen LogP contribution in [0.5, 0.6) is 0 Å². The zero-order valence-electron chi connectivity index (χ0n) is 8.80.